The molecule has 5 nitrogen and oxygen atoms in total. The Balaban J connectivity index is 1.99. The summed E-state index contributed by atoms with van der Waals surface area (Å²) < 4.78 is 5.54. The molecule has 0 aliphatic carbocycles. The van der Waals surface area contributed by atoms with E-state index < -0.39 is 17.9 Å². The van der Waals surface area contributed by atoms with Crippen LogP contribution in [0.5, 0.6) is 5.75 Å². The highest BCUT2D eigenvalue weighted by Crippen LogP contribution is 2.24. The minimum absolute atomic E-state index is 0.136. The molecular weight excluding hydrogens is 294 g/mol. The molecule has 0 aromatic heterocycles. The lowest BCUT2D eigenvalue weighted by atomic mass is 10.0. The predicted molar refractivity (Wildman–Crippen MR) is 85.8 cm³/mol. The van der Waals surface area contributed by atoms with Gasteiger partial charge in [-0.1, -0.05) is 50.2 Å². The van der Waals surface area contributed by atoms with Crippen LogP contribution in [0.3, 0.4) is 0 Å². The highest BCUT2D eigenvalue weighted by atomic mass is 16.5. The Morgan fingerprint density at radius 2 is 1.83 bits per heavy atom. The summed E-state index contributed by atoms with van der Waals surface area (Å²) in [7, 11) is 0. The van der Waals surface area contributed by atoms with E-state index in [1.54, 1.807) is 6.07 Å². The number of ether oxygens (including phenoxy) is 1. The summed E-state index contributed by atoms with van der Waals surface area (Å²) in [5.41, 5.74) is 0. The minimum Gasteiger partial charge on any atom is -0.548 e. The van der Waals surface area contributed by atoms with Crippen molar-refractivity contribution in [3.05, 3.63) is 42.5 Å². The number of hydrogen-bond donors (Lipinski definition) is 1. The second kappa shape index (κ2) is 7.63. The molecule has 1 atom stereocenters. The van der Waals surface area contributed by atoms with Crippen LogP contribution in [0.25, 0.3) is 10.8 Å². The van der Waals surface area contributed by atoms with Gasteiger partial charge in [-0.2, -0.15) is 0 Å². The number of rotatable bonds is 7. The van der Waals surface area contributed by atoms with Crippen LogP contribution in [-0.4, -0.2) is 24.5 Å². The van der Waals surface area contributed by atoms with Gasteiger partial charge in [0.2, 0.25) is 0 Å². The molecule has 23 heavy (non-hydrogen) atoms. The molecule has 2 aromatic carbocycles. The van der Waals surface area contributed by atoms with E-state index in [1.165, 1.54) is 0 Å². The quantitative estimate of drug-likeness (QED) is 0.840. The third-order valence-corrected chi connectivity index (χ3v) is 3.44. The molecule has 0 fully saturated rings. The number of fused-ring (bicyclic) bond motifs is 1. The molecule has 1 amide bonds. The Morgan fingerprint density at radius 1 is 1.13 bits per heavy atom. The lowest BCUT2D eigenvalue weighted by molar-refractivity contribution is -0.308. The summed E-state index contributed by atoms with van der Waals surface area (Å²) in [6.45, 7) is 3.53. The molecule has 0 aliphatic heterocycles. The maximum Gasteiger partial charge on any atom is 0.258 e. The number of carboxylic acid groups (broad SMARTS) is 1. The molecule has 0 saturated heterocycles. The Morgan fingerprint density at radius 3 is 2.52 bits per heavy atom. The zero-order valence-electron chi connectivity index (χ0n) is 13.2. The first kappa shape index (κ1) is 16.8. The Bertz CT molecular complexity index is 691. The van der Waals surface area contributed by atoms with Gasteiger partial charge in [-0.25, -0.2) is 0 Å². The molecule has 1 N–H and O–H groups in total. The van der Waals surface area contributed by atoms with E-state index in [4.69, 9.17) is 4.74 Å². The summed E-state index contributed by atoms with van der Waals surface area (Å²) in [5, 5.41) is 15.4. The number of nitrogens with one attached hydrogen (secondary N) is 1. The maximum absolute atomic E-state index is 11.9. The van der Waals surface area contributed by atoms with Gasteiger partial charge in [-0.15, -0.1) is 0 Å². The molecule has 122 valence electrons. The van der Waals surface area contributed by atoms with Gasteiger partial charge in [-0.3, -0.25) is 4.79 Å². The number of benzene rings is 2. The van der Waals surface area contributed by atoms with Crippen LogP contribution in [0, 0.1) is 5.92 Å². The van der Waals surface area contributed by atoms with E-state index in [0.29, 0.717) is 12.2 Å². The van der Waals surface area contributed by atoms with Gasteiger partial charge in [0.05, 0.1) is 12.0 Å². The predicted octanol–water partition coefficient (Wildman–Crippen LogP) is 1.50. The minimum atomic E-state index is -1.28. The third-order valence-electron chi connectivity index (χ3n) is 3.44. The topological polar surface area (TPSA) is 78.5 Å². The standard InChI is InChI=1S/C18H21NO4/c1-12(2)10-15(18(21)22)19-17(20)11-23-16-9-5-7-13-6-3-4-8-14(13)16/h3-9,12,15H,10-11H2,1-2H3,(H,19,20)(H,21,22)/p-1/t15-/m1/s1. The second-order valence-corrected chi connectivity index (χ2v) is 5.83. The first-order valence-electron chi connectivity index (χ1n) is 7.58. The molecule has 0 spiro atoms. The van der Waals surface area contributed by atoms with E-state index in [1.807, 2.05) is 50.2 Å². The molecule has 2 rings (SSSR count). The first-order valence-corrected chi connectivity index (χ1v) is 7.58. The summed E-state index contributed by atoms with van der Waals surface area (Å²) in [5.74, 6) is -1.03. The molecule has 0 saturated carbocycles. The van der Waals surface area contributed by atoms with Crippen LogP contribution in [0.2, 0.25) is 0 Å². The zero-order chi connectivity index (χ0) is 16.8. The average molecular weight is 314 g/mol. The van der Waals surface area contributed by atoms with Crippen LogP contribution in [-0.2, 0) is 9.59 Å². The van der Waals surface area contributed by atoms with Gasteiger partial charge < -0.3 is 20.0 Å². The van der Waals surface area contributed by atoms with Crippen molar-refractivity contribution in [2.24, 2.45) is 5.92 Å². The Hall–Kier alpha value is -2.56. The Labute approximate surface area is 135 Å². The van der Waals surface area contributed by atoms with Crippen molar-refractivity contribution in [3.63, 3.8) is 0 Å². The Kier molecular flexibility index (Phi) is 5.57. The van der Waals surface area contributed by atoms with Crippen LogP contribution in [0.15, 0.2) is 42.5 Å². The van der Waals surface area contributed by atoms with Gasteiger partial charge in [-0.05, 0) is 23.8 Å². The number of aliphatic carboxylic acids is 1. The molecule has 0 unspecified atom stereocenters. The van der Waals surface area contributed by atoms with Gasteiger partial charge in [0, 0.05) is 5.39 Å². The molecule has 5 heteroatoms. The molecule has 2 aromatic rings. The summed E-state index contributed by atoms with van der Waals surface area (Å²) in [6, 6.07) is 12.3. The lowest BCUT2D eigenvalue weighted by Gasteiger charge is -2.21. The van der Waals surface area contributed by atoms with E-state index in [2.05, 4.69) is 5.32 Å². The van der Waals surface area contributed by atoms with E-state index in [9.17, 15) is 14.7 Å². The van der Waals surface area contributed by atoms with Crippen molar-refractivity contribution >= 4 is 22.6 Å². The fraction of sp³-hybridized carbons (Fsp3) is 0.333. The van der Waals surface area contributed by atoms with Crippen molar-refractivity contribution in [1.82, 2.24) is 5.32 Å². The average Bonchev–Trinajstić information content (AvgIpc) is 2.51. The molecule has 0 radical (unpaired) electrons. The molecule has 0 heterocycles. The molecule has 0 aliphatic rings. The van der Waals surface area contributed by atoms with E-state index in [-0.39, 0.29) is 12.5 Å². The van der Waals surface area contributed by atoms with Gasteiger partial charge in [0.15, 0.2) is 6.61 Å². The van der Waals surface area contributed by atoms with Crippen LogP contribution in [0.4, 0.5) is 0 Å². The molecule has 0 bridgehead atoms. The van der Waals surface area contributed by atoms with Crippen LogP contribution in [0.1, 0.15) is 20.3 Å². The summed E-state index contributed by atoms with van der Waals surface area (Å²) in [6.07, 6.45) is 0.322. The van der Waals surface area contributed by atoms with E-state index >= 15 is 0 Å². The van der Waals surface area contributed by atoms with Crippen molar-refractivity contribution in [1.29, 1.82) is 0 Å². The zero-order valence-corrected chi connectivity index (χ0v) is 13.2. The highest BCUT2D eigenvalue weighted by Gasteiger charge is 2.15. The number of carboxylic acids is 1. The largest absolute Gasteiger partial charge is 0.548 e. The fourth-order valence-corrected chi connectivity index (χ4v) is 2.39. The monoisotopic (exact) mass is 314 g/mol. The number of carbonyl (C=O) groups is 2. The number of hydrogen-bond acceptors (Lipinski definition) is 4. The number of carbonyl (C=O) groups excluding carboxylic acids is 2. The highest BCUT2D eigenvalue weighted by molar-refractivity contribution is 5.89. The maximum atomic E-state index is 11.9. The smallest absolute Gasteiger partial charge is 0.258 e. The van der Waals surface area contributed by atoms with Gasteiger partial charge in [0.25, 0.3) is 5.91 Å². The van der Waals surface area contributed by atoms with Crippen molar-refractivity contribution in [2.45, 2.75) is 26.3 Å². The van der Waals surface area contributed by atoms with Gasteiger partial charge in [0.1, 0.15) is 5.75 Å². The van der Waals surface area contributed by atoms with E-state index in [0.717, 1.165) is 10.8 Å². The molecular formula is C18H20NO4-. The van der Waals surface area contributed by atoms with Crippen LogP contribution >= 0.6 is 0 Å². The van der Waals surface area contributed by atoms with Crippen molar-refractivity contribution < 1.29 is 19.4 Å². The third kappa shape index (κ3) is 4.71. The van der Waals surface area contributed by atoms with Gasteiger partial charge >= 0.3 is 0 Å². The van der Waals surface area contributed by atoms with Crippen LogP contribution < -0.4 is 15.2 Å². The van der Waals surface area contributed by atoms with Crippen molar-refractivity contribution in [2.75, 3.05) is 6.61 Å². The lowest BCUT2D eigenvalue weighted by Crippen LogP contribution is -2.49. The normalized spacial score (nSPS) is 12.1. The second-order valence-electron chi connectivity index (χ2n) is 5.83. The first-order chi connectivity index (χ1) is 11.0. The van der Waals surface area contributed by atoms with Crippen molar-refractivity contribution in [3.8, 4) is 5.75 Å². The number of amides is 1. The fourth-order valence-electron chi connectivity index (χ4n) is 2.39. The summed E-state index contributed by atoms with van der Waals surface area (Å²) in [4.78, 5) is 23.0. The SMILES string of the molecule is CC(C)C[C@@H](NC(=O)COc1cccc2ccccc12)C(=O)[O-]. The summed E-state index contributed by atoms with van der Waals surface area (Å²) >= 11 is 0.